The molecule has 1 aromatic carbocycles. The summed E-state index contributed by atoms with van der Waals surface area (Å²) in [5, 5.41) is 3.47. The highest BCUT2D eigenvalue weighted by molar-refractivity contribution is 14.0. The van der Waals surface area contributed by atoms with Gasteiger partial charge in [0.05, 0.1) is 13.2 Å². The lowest BCUT2D eigenvalue weighted by Crippen LogP contribution is -2.47. The summed E-state index contributed by atoms with van der Waals surface area (Å²) in [6.07, 6.45) is 4.72. The minimum atomic E-state index is 0. The van der Waals surface area contributed by atoms with Crippen LogP contribution in [0, 0.1) is 0 Å². The average molecular weight is 516 g/mol. The molecule has 0 bridgehead atoms. The SMILES string of the molecule is CCNC(=NCCCCN1CCOCC1)N1CCC(Oc2ccccc2)CC1.I. The van der Waals surface area contributed by atoms with Crippen LogP contribution < -0.4 is 10.1 Å². The van der Waals surface area contributed by atoms with E-state index >= 15 is 0 Å². The molecule has 0 radical (unpaired) electrons. The molecule has 2 fully saturated rings. The lowest BCUT2D eigenvalue weighted by molar-refractivity contribution is 0.0373. The van der Waals surface area contributed by atoms with E-state index < -0.39 is 0 Å². The number of nitrogens with zero attached hydrogens (tertiary/aromatic N) is 3. The van der Waals surface area contributed by atoms with Gasteiger partial charge in [-0.1, -0.05) is 18.2 Å². The van der Waals surface area contributed by atoms with Gasteiger partial charge in [-0.25, -0.2) is 0 Å². The Hall–Kier alpha value is -1.06. The highest BCUT2D eigenvalue weighted by Gasteiger charge is 2.22. The van der Waals surface area contributed by atoms with E-state index in [2.05, 4.69) is 22.0 Å². The summed E-state index contributed by atoms with van der Waals surface area (Å²) >= 11 is 0. The predicted molar refractivity (Wildman–Crippen MR) is 130 cm³/mol. The Kier molecular flexibility index (Phi) is 11.7. The number of hydrogen-bond donors (Lipinski definition) is 1. The van der Waals surface area contributed by atoms with Gasteiger partial charge >= 0.3 is 0 Å². The molecule has 0 spiro atoms. The molecule has 2 heterocycles. The van der Waals surface area contributed by atoms with E-state index in [4.69, 9.17) is 14.5 Å². The first-order valence-electron chi connectivity index (χ1n) is 10.9. The van der Waals surface area contributed by atoms with Crippen molar-refractivity contribution in [3.63, 3.8) is 0 Å². The van der Waals surface area contributed by atoms with Crippen LogP contribution in [0.1, 0.15) is 32.6 Å². The predicted octanol–water partition coefficient (Wildman–Crippen LogP) is 3.23. The fraction of sp³-hybridized carbons (Fsp3) is 0.682. The van der Waals surface area contributed by atoms with Gasteiger partial charge in [0.1, 0.15) is 11.9 Å². The normalized spacial score (nSPS) is 18.9. The summed E-state index contributed by atoms with van der Waals surface area (Å²) < 4.78 is 11.5. The number of halogens is 1. The minimum Gasteiger partial charge on any atom is -0.490 e. The Balaban J connectivity index is 0.00000300. The van der Waals surface area contributed by atoms with Crippen molar-refractivity contribution in [3.05, 3.63) is 30.3 Å². The van der Waals surface area contributed by atoms with Gasteiger partial charge in [0.2, 0.25) is 0 Å². The van der Waals surface area contributed by atoms with Gasteiger partial charge in [-0.3, -0.25) is 9.89 Å². The molecule has 6 nitrogen and oxygen atoms in total. The van der Waals surface area contributed by atoms with E-state index in [0.717, 1.165) is 90.0 Å². The molecular weight excluding hydrogens is 479 g/mol. The maximum atomic E-state index is 6.11. The van der Waals surface area contributed by atoms with Gasteiger partial charge in [-0.05, 0) is 38.4 Å². The number of likely N-dealkylation sites (tertiary alicyclic amines) is 1. The van der Waals surface area contributed by atoms with Crippen molar-refractivity contribution in [1.82, 2.24) is 15.1 Å². The van der Waals surface area contributed by atoms with Gasteiger partial charge in [0.15, 0.2) is 5.96 Å². The fourth-order valence-corrected chi connectivity index (χ4v) is 3.76. The molecule has 2 saturated heterocycles. The van der Waals surface area contributed by atoms with E-state index in [1.165, 1.54) is 6.42 Å². The quantitative estimate of drug-likeness (QED) is 0.249. The van der Waals surface area contributed by atoms with Crippen LogP contribution in [0.3, 0.4) is 0 Å². The lowest BCUT2D eigenvalue weighted by atomic mass is 10.1. The molecule has 2 aliphatic heterocycles. The standard InChI is InChI=1S/C22H36N4O2.HI/c1-2-23-22(24-12-6-7-13-25-16-18-27-19-17-25)26-14-10-21(11-15-26)28-20-8-4-3-5-9-20;/h3-5,8-9,21H,2,6-7,10-19H2,1H3,(H,23,24);1H. The largest absolute Gasteiger partial charge is 0.490 e. The smallest absolute Gasteiger partial charge is 0.193 e. The topological polar surface area (TPSA) is 49.3 Å². The van der Waals surface area contributed by atoms with Gasteiger partial charge < -0.3 is 19.7 Å². The number of unbranched alkanes of at least 4 members (excludes halogenated alkanes) is 1. The number of morpholine rings is 1. The second kappa shape index (κ2) is 14.0. The number of nitrogens with one attached hydrogen (secondary N) is 1. The molecule has 7 heteroatoms. The van der Waals surface area contributed by atoms with Crippen LogP contribution in [-0.2, 0) is 4.74 Å². The Labute approximate surface area is 193 Å². The van der Waals surface area contributed by atoms with Crippen LogP contribution in [-0.4, -0.2) is 80.9 Å². The highest BCUT2D eigenvalue weighted by Crippen LogP contribution is 2.18. The molecule has 0 amide bonds. The number of aliphatic imine (C=N–C) groups is 1. The van der Waals surface area contributed by atoms with Crippen molar-refractivity contribution in [3.8, 4) is 5.75 Å². The highest BCUT2D eigenvalue weighted by atomic mass is 127. The van der Waals surface area contributed by atoms with E-state index in [-0.39, 0.29) is 24.0 Å². The second-order valence-electron chi connectivity index (χ2n) is 7.51. The molecule has 0 unspecified atom stereocenters. The molecule has 0 aromatic heterocycles. The third kappa shape index (κ3) is 8.68. The molecule has 1 aromatic rings. The van der Waals surface area contributed by atoms with Crippen molar-refractivity contribution >= 4 is 29.9 Å². The van der Waals surface area contributed by atoms with Gasteiger partial charge in [-0.2, -0.15) is 0 Å². The molecular formula is C22H37IN4O2. The van der Waals surface area contributed by atoms with E-state index in [0.29, 0.717) is 6.10 Å². The molecule has 0 aliphatic carbocycles. The number of guanidine groups is 1. The van der Waals surface area contributed by atoms with E-state index in [9.17, 15) is 0 Å². The van der Waals surface area contributed by atoms with Crippen LogP contribution in [0.4, 0.5) is 0 Å². The molecule has 0 atom stereocenters. The summed E-state index contributed by atoms with van der Waals surface area (Å²) in [5.41, 5.74) is 0. The number of benzene rings is 1. The molecule has 1 N–H and O–H groups in total. The maximum Gasteiger partial charge on any atom is 0.193 e. The summed E-state index contributed by atoms with van der Waals surface area (Å²) in [6, 6.07) is 10.2. The van der Waals surface area contributed by atoms with Crippen molar-refractivity contribution < 1.29 is 9.47 Å². The van der Waals surface area contributed by atoms with Crippen LogP contribution in [0.2, 0.25) is 0 Å². The number of piperidine rings is 1. The molecule has 0 saturated carbocycles. The maximum absolute atomic E-state index is 6.11. The number of para-hydroxylation sites is 1. The van der Waals surface area contributed by atoms with E-state index in [1.54, 1.807) is 0 Å². The summed E-state index contributed by atoms with van der Waals surface area (Å²) in [4.78, 5) is 9.76. The van der Waals surface area contributed by atoms with Gasteiger partial charge in [0, 0.05) is 52.1 Å². The summed E-state index contributed by atoms with van der Waals surface area (Å²) in [6.45, 7) is 11.0. The van der Waals surface area contributed by atoms with Gasteiger partial charge in [-0.15, -0.1) is 24.0 Å². The third-order valence-corrected chi connectivity index (χ3v) is 5.37. The Bertz CT molecular complexity index is 573. The molecule has 29 heavy (non-hydrogen) atoms. The van der Waals surface area contributed by atoms with Crippen LogP contribution in [0.25, 0.3) is 0 Å². The fourth-order valence-electron chi connectivity index (χ4n) is 3.76. The summed E-state index contributed by atoms with van der Waals surface area (Å²) in [7, 11) is 0. The monoisotopic (exact) mass is 516 g/mol. The van der Waals surface area contributed by atoms with Crippen molar-refractivity contribution in [2.45, 2.75) is 38.7 Å². The molecule has 164 valence electrons. The second-order valence-corrected chi connectivity index (χ2v) is 7.51. The Morgan fingerprint density at radius 1 is 1.10 bits per heavy atom. The van der Waals surface area contributed by atoms with Crippen LogP contribution in [0.5, 0.6) is 5.75 Å². The van der Waals surface area contributed by atoms with Crippen LogP contribution >= 0.6 is 24.0 Å². The number of hydrogen-bond acceptors (Lipinski definition) is 4. The van der Waals surface area contributed by atoms with Gasteiger partial charge in [0.25, 0.3) is 0 Å². The average Bonchev–Trinajstić information content (AvgIpc) is 2.75. The number of rotatable bonds is 8. The third-order valence-electron chi connectivity index (χ3n) is 5.37. The van der Waals surface area contributed by atoms with Crippen LogP contribution in [0.15, 0.2) is 35.3 Å². The zero-order valence-corrected chi connectivity index (χ0v) is 20.1. The summed E-state index contributed by atoms with van der Waals surface area (Å²) in [5.74, 6) is 2.04. The van der Waals surface area contributed by atoms with Crippen molar-refractivity contribution in [2.24, 2.45) is 4.99 Å². The number of ether oxygens (including phenoxy) is 2. The van der Waals surface area contributed by atoms with Crippen molar-refractivity contribution in [1.29, 1.82) is 0 Å². The first kappa shape index (κ1) is 24.2. The van der Waals surface area contributed by atoms with E-state index in [1.807, 2.05) is 30.3 Å². The minimum absolute atomic E-state index is 0. The Morgan fingerprint density at radius 3 is 2.52 bits per heavy atom. The molecule has 3 rings (SSSR count). The lowest BCUT2D eigenvalue weighted by Gasteiger charge is -2.34. The first-order valence-corrected chi connectivity index (χ1v) is 10.9. The first-order chi connectivity index (χ1) is 13.8. The zero-order valence-electron chi connectivity index (χ0n) is 17.7. The zero-order chi connectivity index (χ0) is 19.4. The van der Waals surface area contributed by atoms with Crippen molar-refractivity contribution in [2.75, 3.05) is 59.0 Å². The molecule has 2 aliphatic rings. The Morgan fingerprint density at radius 2 is 1.83 bits per heavy atom.